The summed E-state index contributed by atoms with van der Waals surface area (Å²) in [7, 11) is 0. The third kappa shape index (κ3) is 2.94. The van der Waals surface area contributed by atoms with Crippen molar-refractivity contribution in [1.82, 2.24) is 0 Å². The molecule has 18 heavy (non-hydrogen) atoms. The van der Waals surface area contributed by atoms with Crippen LogP contribution in [0.5, 0.6) is 0 Å². The van der Waals surface area contributed by atoms with Gasteiger partial charge in [-0.1, -0.05) is 6.92 Å². The van der Waals surface area contributed by atoms with Crippen LogP contribution in [0.3, 0.4) is 0 Å². The topological polar surface area (TPSA) is 35.5 Å². The van der Waals surface area contributed by atoms with Gasteiger partial charge in [0.25, 0.3) is 0 Å². The molecule has 1 aliphatic heterocycles. The Labute approximate surface area is 110 Å². The minimum atomic E-state index is -0.493. The summed E-state index contributed by atoms with van der Waals surface area (Å²) in [5, 5.41) is 0. The summed E-state index contributed by atoms with van der Waals surface area (Å²) in [5.74, 6) is 1.11. The summed E-state index contributed by atoms with van der Waals surface area (Å²) in [6.07, 6.45) is 6.01. The second-order valence-electron chi connectivity index (χ2n) is 5.89. The van der Waals surface area contributed by atoms with E-state index in [0.29, 0.717) is 19.0 Å². The predicted molar refractivity (Wildman–Crippen MR) is 70.5 cm³/mol. The van der Waals surface area contributed by atoms with Crippen LogP contribution in [-0.4, -0.2) is 31.2 Å². The molecule has 1 aliphatic carbocycles. The van der Waals surface area contributed by atoms with Crippen LogP contribution < -0.4 is 0 Å². The van der Waals surface area contributed by atoms with E-state index in [1.165, 1.54) is 0 Å². The van der Waals surface area contributed by atoms with Gasteiger partial charge in [0.2, 0.25) is 0 Å². The zero-order valence-corrected chi connectivity index (χ0v) is 11.7. The maximum atomic E-state index is 12.8. The van der Waals surface area contributed by atoms with Gasteiger partial charge in [-0.05, 0) is 51.4 Å². The Bertz CT molecular complexity index is 273. The van der Waals surface area contributed by atoms with Gasteiger partial charge in [-0.15, -0.1) is 0 Å². The van der Waals surface area contributed by atoms with E-state index in [-0.39, 0.29) is 5.92 Å². The molecule has 0 aromatic heterocycles. The lowest BCUT2D eigenvalue weighted by atomic mass is 9.73. The lowest BCUT2D eigenvalue weighted by Gasteiger charge is -2.40. The number of Topliss-reactive ketones (excluding diaryl/α,β-unsaturated/α-hetero) is 1. The molecule has 1 heterocycles. The SMILES string of the molecule is CCOC1(C(=O)C2CCCOC2)CCC(C)CC1. The molecule has 0 amide bonds. The van der Waals surface area contributed by atoms with Crippen molar-refractivity contribution in [3.63, 3.8) is 0 Å². The van der Waals surface area contributed by atoms with Gasteiger partial charge in [-0.2, -0.15) is 0 Å². The summed E-state index contributed by atoms with van der Waals surface area (Å²) in [4.78, 5) is 12.8. The highest BCUT2D eigenvalue weighted by Crippen LogP contribution is 2.38. The van der Waals surface area contributed by atoms with Crippen LogP contribution in [0, 0.1) is 11.8 Å². The number of ketones is 1. The van der Waals surface area contributed by atoms with Gasteiger partial charge in [0.05, 0.1) is 6.61 Å². The van der Waals surface area contributed by atoms with Gasteiger partial charge >= 0.3 is 0 Å². The molecule has 0 aromatic carbocycles. The Morgan fingerprint density at radius 1 is 1.33 bits per heavy atom. The molecule has 0 N–H and O–H groups in total. The molecule has 2 rings (SSSR count). The number of hydrogen-bond donors (Lipinski definition) is 0. The normalized spacial score (nSPS) is 37.4. The van der Waals surface area contributed by atoms with E-state index in [4.69, 9.17) is 9.47 Å². The lowest BCUT2D eigenvalue weighted by Crippen LogP contribution is -2.49. The third-order valence-corrected chi connectivity index (χ3v) is 4.48. The predicted octanol–water partition coefficient (Wildman–Crippen LogP) is 2.97. The van der Waals surface area contributed by atoms with E-state index in [0.717, 1.165) is 51.0 Å². The Kier molecular flexibility index (Phi) is 4.79. The first kappa shape index (κ1) is 14.0. The second kappa shape index (κ2) is 6.16. The summed E-state index contributed by atoms with van der Waals surface area (Å²) < 4.78 is 11.4. The second-order valence-corrected chi connectivity index (χ2v) is 5.89. The van der Waals surface area contributed by atoms with Crippen molar-refractivity contribution in [3.05, 3.63) is 0 Å². The number of rotatable bonds is 4. The standard InChI is InChI=1S/C15H26O3/c1-3-18-15(8-6-12(2)7-9-15)14(16)13-5-4-10-17-11-13/h12-13H,3-11H2,1-2H3. The molecule has 1 atom stereocenters. The van der Waals surface area contributed by atoms with Gasteiger partial charge in [0.15, 0.2) is 5.78 Å². The molecule has 1 saturated heterocycles. The van der Waals surface area contributed by atoms with Crippen molar-refractivity contribution in [2.45, 2.75) is 58.0 Å². The van der Waals surface area contributed by atoms with Crippen LogP contribution >= 0.6 is 0 Å². The number of carbonyl (C=O) groups is 1. The van der Waals surface area contributed by atoms with E-state index in [2.05, 4.69) is 6.92 Å². The minimum absolute atomic E-state index is 0.0682. The van der Waals surface area contributed by atoms with E-state index in [1.807, 2.05) is 6.92 Å². The highest BCUT2D eigenvalue weighted by atomic mass is 16.5. The molecule has 3 nitrogen and oxygen atoms in total. The first-order chi connectivity index (χ1) is 8.68. The highest BCUT2D eigenvalue weighted by Gasteiger charge is 2.44. The monoisotopic (exact) mass is 254 g/mol. The fourth-order valence-electron chi connectivity index (χ4n) is 3.29. The molecular formula is C15H26O3. The minimum Gasteiger partial charge on any atom is -0.381 e. The van der Waals surface area contributed by atoms with Gasteiger partial charge in [-0.25, -0.2) is 0 Å². The maximum absolute atomic E-state index is 12.8. The third-order valence-electron chi connectivity index (χ3n) is 4.48. The van der Waals surface area contributed by atoms with Crippen LogP contribution in [0.2, 0.25) is 0 Å². The average Bonchev–Trinajstić information content (AvgIpc) is 2.42. The molecule has 1 unspecified atom stereocenters. The van der Waals surface area contributed by atoms with Crippen LogP contribution in [0.15, 0.2) is 0 Å². The van der Waals surface area contributed by atoms with Gasteiger partial charge in [0.1, 0.15) is 5.60 Å². The van der Waals surface area contributed by atoms with Gasteiger partial charge < -0.3 is 9.47 Å². The van der Waals surface area contributed by atoms with E-state index in [9.17, 15) is 4.79 Å². The van der Waals surface area contributed by atoms with Crippen molar-refractivity contribution < 1.29 is 14.3 Å². The van der Waals surface area contributed by atoms with Crippen molar-refractivity contribution in [1.29, 1.82) is 0 Å². The summed E-state index contributed by atoms with van der Waals surface area (Å²) in [6.45, 7) is 6.30. The van der Waals surface area contributed by atoms with Gasteiger partial charge in [0, 0.05) is 19.1 Å². The van der Waals surface area contributed by atoms with Crippen molar-refractivity contribution in [3.8, 4) is 0 Å². The molecule has 104 valence electrons. The quantitative estimate of drug-likeness (QED) is 0.773. The van der Waals surface area contributed by atoms with Crippen LogP contribution in [0.4, 0.5) is 0 Å². The summed E-state index contributed by atoms with van der Waals surface area (Å²) in [5.41, 5.74) is -0.493. The molecule has 0 radical (unpaired) electrons. The number of hydrogen-bond acceptors (Lipinski definition) is 3. The first-order valence-corrected chi connectivity index (χ1v) is 7.44. The fourth-order valence-corrected chi connectivity index (χ4v) is 3.29. The Morgan fingerprint density at radius 2 is 2.06 bits per heavy atom. The summed E-state index contributed by atoms with van der Waals surface area (Å²) >= 11 is 0. The largest absolute Gasteiger partial charge is 0.381 e. The smallest absolute Gasteiger partial charge is 0.169 e. The van der Waals surface area contributed by atoms with Crippen LogP contribution in [0.25, 0.3) is 0 Å². The molecule has 0 aromatic rings. The average molecular weight is 254 g/mol. The van der Waals surface area contributed by atoms with Crippen LogP contribution in [-0.2, 0) is 14.3 Å². The molecule has 1 saturated carbocycles. The molecular weight excluding hydrogens is 228 g/mol. The maximum Gasteiger partial charge on any atom is 0.169 e. The zero-order chi connectivity index (χ0) is 13.0. The lowest BCUT2D eigenvalue weighted by molar-refractivity contribution is -0.158. The van der Waals surface area contributed by atoms with E-state index < -0.39 is 5.60 Å². The van der Waals surface area contributed by atoms with Crippen molar-refractivity contribution in [2.75, 3.05) is 19.8 Å². The number of ether oxygens (including phenoxy) is 2. The van der Waals surface area contributed by atoms with Crippen LogP contribution in [0.1, 0.15) is 52.4 Å². The Hall–Kier alpha value is -0.410. The van der Waals surface area contributed by atoms with E-state index in [1.54, 1.807) is 0 Å². The Balaban J connectivity index is 2.05. The number of carbonyl (C=O) groups excluding carboxylic acids is 1. The molecule has 2 fully saturated rings. The zero-order valence-electron chi connectivity index (χ0n) is 11.7. The fraction of sp³-hybridized carbons (Fsp3) is 0.933. The molecule has 3 heteroatoms. The first-order valence-electron chi connectivity index (χ1n) is 7.44. The molecule has 2 aliphatic rings. The highest BCUT2D eigenvalue weighted by molar-refractivity contribution is 5.89. The van der Waals surface area contributed by atoms with Crippen molar-refractivity contribution in [2.24, 2.45) is 11.8 Å². The Morgan fingerprint density at radius 3 is 2.61 bits per heavy atom. The molecule has 0 bridgehead atoms. The summed E-state index contributed by atoms with van der Waals surface area (Å²) in [6, 6.07) is 0. The van der Waals surface area contributed by atoms with Crippen molar-refractivity contribution >= 4 is 5.78 Å². The van der Waals surface area contributed by atoms with E-state index >= 15 is 0 Å². The molecule has 0 spiro atoms. The van der Waals surface area contributed by atoms with Gasteiger partial charge in [-0.3, -0.25) is 4.79 Å².